The molecule has 0 saturated heterocycles. The molecule has 178 valence electrons. The number of ether oxygens (including phenoxy) is 1. The molecule has 2 heterocycles. The van der Waals surface area contributed by atoms with Gasteiger partial charge in [0.05, 0.1) is 24.1 Å². The first-order valence-corrected chi connectivity index (χ1v) is 10.9. The quantitative estimate of drug-likeness (QED) is 0.242. The standard InChI is InChI=1S/C26H25FN6O2/c1-4-35-26(34)18-13-31-33(14-18)23-12-21(17-7-10-22(28)20(11-17)15(2)30-3)24(32-25(23)29)16-5-8-19(27)9-6-16/h5-14H,4,28H2,1-3H3,(H2,29,32). The highest BCUT2D eigenvalue weighted by Gasteiger charge is 2.18. The maximum absolute atomic E-state index is 13.6. The third kappa shape index (κ3) is 4.74. The Morgan fingerprint density at radius 3 is 2.51 bits per heavy atom. The molecule has 0 atom stereocenters. The maximum atomic E-state index is 13.6. The second-order valence-corrected chi connectivity index (χ2v) is 7.80. The summed E-state index contributed by atoms with van der Waals surface area (Å²) in [6, 6.07) is 13.5. The molecule has 2 aromatic carbocycles. The summed E-state index contributed by atoms with van der Waals surface area (Å²) >= 11 is 0. The molecular weight excluding hydrogens is 447 g/mol. The number of hydrogen-bond donors (Lipinski definition) is 2. The van der Waals surface area contributed by atoms with Crippen LogP contribution in [0.5, 0.6) is 0 Å². The summed E-state index contributed by atoms with van der Waals surface area (Å²) in [4.78, 5) is 21.0. The number of carbonyl (C=O) groups excluding carboxylic acids is 1. The van der Waals surface area contributed by atoms with Crippen LogP contribution in [0.25, 0.3) is 28.1 Å². The van der Waals surface area contributed by atoms with Crippen molar-refractivity contribution in [2.45, 2.75) is 13.8 Å². The molecule has 0 bridgehead atoms. The molecule has 35 heavy (non-hydrogen) atoms. The van der Waals surface area contributed by atoms with Crippen molar-refractivity contribution < 1.29 is 13.9 Å². The number of hydrogen-bond acceptors (Lipinski definition) is 7. The number of pyridine rings is 1. The molecule has 0 fully saturated rings. The van der Waals surface area contributed by atoms with E-state index in [9.17, 15) is 9.18 Å². The van der Waals surface area contributed by atoms with Crippen LogP contribution in [-0.2, 0) is 4.74 Å². The van der Waals surface area contributed by atoms with E-state index in [4.69, 9.17) is 16.2 Å². The van der Waals surface area contributed by atoms with Gasteiger partial charge in [-0.3, -0.25) is 4.99 Å². The molecule has 0 aliphatic heterocycles. The zero-order valence-electron chi connectivity index (χ0n) is 19.6. The Kier molecular flexibility index (Phi) is 6.59. The van der Waals surface area contributed by atoms with Crippen LogP contribution < -0.4 is 11.5 Å². The molecule has 4 N–H and O–H groups in total. The fraction of sp³-hybridized carbons (Fsp3) is 0.154. The number of aliphatic imine (C=N–C) groups is 1. The lowest BCUT2D eigenvalue weighted by molar-refractivity contribution is 0.0526. The van der Waals surface area contributed by atoms with E-state index in [-0.39, 0.29) is 18.2 Å². The lowest BCUT2D eigenvalue weighted by atomic mass is 9.95. The van der Waals surface area contributed by atoms with E-state index in [1.807, 2.05) is 25.1 Å². The van der Waals surface area contributed by atoms with Crippen molar-refractivity contribution in [2.24, 2.45) is 4.99 Å². The minimum Gasteiger partial charge on any atom is -0.462 e. The third-order valence-corrected chi connectivity index (χ3v) is 5.58. The largest absolute Gasteiger partial charge is 0.462 e. The van der Waals surface area contributed by atoms with E-state index in [0.29, 0.717) is 28.2 Å². The number of nitrogens with zero attached hydrogens (tertiary/aromatic N) is 4. The van der Waals surface area contributed by atoms with Gasteiger partial charge in [-0.2, -0.15) is 5.10 Å². The van der Waals surface area contributed by atoms with Crippen molar-refractivity contribution in [3.8, 4) is 28.1 Å². The summed E-state index contributed by atoms with van der Waals surface area (Å²) in [6.45, 7) is 3.87. The van der Waals surface area contributed by atoms with Crippen LogP contribution in [0.15, 0.2) is 65.9 Å². The SMILES string of the molecule is CCOC(=O)c1cnn(-c2cc(-c3ccc(N)c(C(C)=NC)c3)c(-c3ccc(F)cc3)nc2N)c1. The van der Waals surface area contributed by atoms with Gasteiger partial charge >= 0.3 is 5.97 Å². The van der Waals surface area contributed by atoms with Crippen LogP contribution >= 0.6 is 0 Å². The number of halogens is 1. The first kappa shape index (κ1) is 23.6. The number of benzene rings is 2. The lowest BCUT2D eigenvalue weighted by Gasteiger charge is -2.16. The monoisotopic (exact) mass is 472 g/mol. The van der Waals surface area contributed by atoms with Crippen molar-refractivity contribution >= 4 is 23.2 Å². The van der Waals surface area contributed by atoms with Gasteiger partial charge in [0.15, 0.2) is 0 Å². The van der Waals surface area contributed by atoms with Gasteiger partial charge in [-0.1, -0.05) is 6.07 Å². The maximum Gasteiger partial charge on any atom is 0.341 e. The highest BCUT2D eigenvalue weighted by Crippen LogP contribution is 2.36. The number of carbonyl (C=O) groups is 1. The molecule has 4 rings (SSSR count). The van der Waals surface area contributed by atoms with Crippen LogP contribution in [0.2, 0.25) is 0 Å². The van der Waals surface area contributed by atoms with Gasteiger partial charge in [0, 0.05) is 41.3 Å². The zero-order chi connectivity index (χ0) is 25.1. The summed E-state index contributed by atoms with van der Waals surface area (Å²) in [6.07, 6.45) is 2.95. The topological polar surface area (TPSA) is 121 Å². The van der Waals surface area contributed by atoms with E-state index >= 15 is 0 Å². The van der Waals surface area contributed by atoms with E-state index in [0.717, 1.165) is 22.4 Å². The molecule has 0 spiro atoms. The molecular formula is C26H25FN6O2. The molecule has 0 amide bonds. The molecule has 4 aromatic rings. The number of rotatable bonds is 6. The van der Waals surface area contributed by atoms with Gasteiger partial charge in [0.25, 0.3) is 0 Å². The highest BCUT2D eigenvalue weighted by atomic mass is 19.1. The van der Waals surface area contributed by atoms with E-state index in [1.54, 1.807) is 32.2 Å². The van der Waals surface area contributed by atoms with Gasteiger partial charge in [0.2, 0.25) is 0 Å². The van der Waals surface area contributed by atoms with E-state index < -0.39 is 5.97 Å². The predicted molar refractivity (Wildman–Crippen MR) is 135 cm³/mol. The number of aromatic nitrogens is 3. The Morgan fingerprint density at radius 1 is 1.11 bits per heavy atom. The third-order valence-electron chi connectivity index (χ3n) is 5.58. The predicted octanol–water partition coefficient (Wildman–Crippen LogP) is 4.52. The normalized spacial score (nSPS) is 11.5. The number of esters is 1. The molecule has 0 aliphatic rings. The Balaban J connectivity index is 1.93. The van der Waals surface area contributed by atoms with Crippen molar-refractivity contribution in [2.75, 3.05) is 25.1 Å². The molecule has 9 heteroatoms. The summed E-state index contributed by atoms with van der Waals surface area (Å²) in [5, 5.41) is 4.28. The summed E-state index contributed by atoms with van der Waals surface area (Å²) in [5.74, 6) is -0.646. The van der Waals surface area contributed by atoms with Gasteiger partial charge in [-0.15, -0.1) is 0 Å². The van der Waals surface area contributed by atoms with Crippen LogP contribution in [0.1, 0.15) is 29.8 Å². The molecule has 0 unspecified atom stereocenters. The van der Waals surface area contributed by atoms with Crippen LogP contribution in [-0.4, -0.2) is 40.1 Å². The molecule has 2 aromatic heterocycles. The van der Waals surface area contributed by atoms with Crippen LogP contribution in [0, 0.1) is 5.82 Å². The lowest BCUT2D eigenvalue weighted by Crippen LogP contribution is -2.06. The van der Waals surface area contributed by atoms with Crippen molar-refractivity contribution in [3.05, 3.63) is 77.9 Å². The molecule has 0 saturated carbocycles. The second-order valence-electron chi connectivity index (χ2n) is 7.80. The fourth-order valence-electron chi connectivity index (χ4n) is 3.68. The number of nitrogen functional groups attached to an aromatic ring is 2. The summed E-state index contributed by atoms with van der Waals surface area (Å²) in [7, 11) is 1.70. The smallest absolute Gasteiger partial charge is 0.341 e. The average molecular weight is 473 g/mol. The van der Waals surface area contributed by atoms with Gasteiger partial charge in [-0.25, -0.2) is 18.9 Å². The minimum absolute atomic E-state index is 0.188. The first-order chi connectivity index (χ1) is 16.8. The fourth-order valence-corrected chi connectivity index (χ4v) is 3.68. The molecule has 0 radical (unpaired) electrons. The second kappa shape index (κ2) is 9.76. The van der Waals surface area contributed by atoms with Crippen molar-refractivity contribution in [1.29, 1.82) is 0 Å². The summed E-state index contributed by atoms with van der Waals surface area (Å²) < 4.78 is 20.1. The summed E-state index contributed by atoms with van der Waals surface area (Å²) in [5.41, 5.74) is 18.2. The Morgan fingerprint density at radius 2 is 1.83 bits per heavy atom. The van der Waals surface area contributed by atoms with Gasteiger partial charge in [-0.05, 0) is 61.9 Å². The van der Waals surface area contributed by atoms with E-state index in [1.165, 1.54) is 29.2 Å². The van der Waals surface area contributed by atoms with Crippen LogP contribution in [0.3, 0.4) is 0 Å². The van der Waals surface area contributed by atoms with Crippen LogP contribution in [0.4, 0.5) is 15.9 Å². The average Bonchev–Trinajstić information content (AvgIpc) is 3.35. The highest BCUT2D eigenvalue weighted by molar-refractivity contribution is 6.04. The minimum atomic E-state index is -0.481. The van der Waals surface area contributed by atoms with Crippen molar-refractivity contribution in [3.63, 3.8) is 0 Å². The van der Waals surface area contributed by atoms with E-state index in [2.05, 4.69) is 15.1 Å². The molecule has 8 nitrogen and oxygen atoms in total. The number of nitrogens with two attached hydrogens (primary N) is 2. The number of anilines is 2. The molecule has 0 aliphatic carbocycles. The first-order valence-electron chi connectivity index (χ1n) is 10.9. The Hall–Kier alpha value is -4.53. The Bertz CT molecular complexity index is 1430. The van der Waals surface area contributed by atoms with Crippen molar-refractivity contribution in [1.82, 2.24) is 14.8 Å². The van der Waals surface area contributed by atoms with Gasteiger partial charge in [0.1, 0.15) is 17.3 Å². The Labute approximate surface area is 202 Å². The zero-order valence-corrected chi connectivity index (χ0v) is 19.6. The van der Waals surface area contributed by atoms with Gasteiger partial charge < -0.3 is 16.2 Å².